The van der Waals surface area contributed by atoms with Gasteiger partial charge in [-0.2, -0.15) is 8.42 Å². The highest BCUT2D eigenvalue weighted by Gasteiger charge is 2.10. The number of alkyl halides is 1. The molecule has 0 heterocycles. The third kappa shape index (κ3) is 22.1. The summed E-state index contributed by atoms with van der Waals surface area (Å²) in [6, 6.07) is 0. The summed E-state index contributed by atoms with van der Waals surface area (Å²) in [5.41, 5.74) is 0. The van der Waals surface area contributed by atoms with E-state index in [0.29, 0.717) is 19.4 Å². The van der Waals surface area contributed by atoms with Gasteiger partial charge in [-0.3, -0.25) is 8.57 Å². The Morgan fingerprint density at radius 3 is 1.43 bits per heavy atom. The second-order valence-electron chi connectivity index (χ2n) is 8.14. The molecule has 3 nitrogen and oxygen atoms in total. The Morgan fingerprint density at radius 2 is 0.964 bits per heavy atom. The molecule has 0 bridgehead atoms. The average molecular weight is 423 g/mol. The number of halogens is 1. The van der Waals surface area contributed by atoms with Crippen molar-refractivity contribution in [3.05, 3.63) is 0 Å². The van der Waals surface area contributed by atoms with Crippen LogP contribution < -0.4 is 0 Å². The summed E-state index contributed by atoms with van der Waals surface area (Å²) in [7, 11) is -3.34. The van der Waals surface area contributed by atoms with Crippen LogP contribution in [0.3, 0.4) is 0 Å². The van der Waals surface area contributed by atoms with E-state index in [1.54, 1.807) is 0 Å². The monoisotopic (exact) mass is 422 g/mol. The van der Waals surface area contributed by atoms with Crippen LogP contribution in [0.15, 0.2) is 0 Å². The molecule has 0 radical (unpaired) electrons. The van der Waals surface area contributed by atoms with Crippen molar-refractivity contribution in [1.29, 1.82) is 0 Å². The standard InChI is InChI=1S/C23H47FO3S/c1-2-3-4-5-6-7-8-10-13-16-19-22-27-28(25,26)23-20-17-14-11-9-12-15-18-21-24/h2-23H2,1H3. The lowest BCUT2D eigenvalue weighted by Crippen LogP contribution is -2.11. The molecule has 0 aliphatic carbocycles. The van der Waals surface area contributed by atoms with Crippen LogP contribution in [-0.2, 0) is 14.3 Å². The molecule has 0 aromatic carbocycles. The van der Waals surface area contributed by atoms with Gasteiger partial charge in [-0.1, -0.05) is 110 Å². The van der Waals surface area contributed by atoms with Gasteiger partial charge in [-0.25, -0.2) is 0 Å². The number of rotatable bonds is 23. The first-order valence-electron chi connectivity index (χ1n) is 12.1. The van der Waals surface area contributed by atoms with Gasteiger partial charge >= 0.3 is 0 Å². The van der Waals surface area contributed by atoms with E-state index in [2.05, 4.69) is 6.92 Å². The highest BCUT2D eigenvalue weighted by molar-refractivity contribution is 7.86. The quantitative estimate of drug-likeness (QED) is 0.125. The molecule has 170 valence electrons. The Morgan fingerprint density at radius 1 is 0.571 bits per heavy atom. The van der Waals surface area contributed by atoms with Crippen molar-refractivity contribution >= 4 is 10.1 Å². The third-order valence-electron chi connectivity index (χ3n) is 5.29. The Balaban J connectivity index is 3.32. The van der Waals surface area contributed by atoms with Crippen LogP contribution in [0.5, 0.6) is 0 Å². The van der Waals surface area contributed by atoms with Crippen molar-refractivity contribution in [3.63, 3.8) is 0 Å². The average Bonchev–Trinajstić information content (AvgIpc) is 2.67. The molecule has 0 saturated carbocycles. The van der Waals surface area contributed by atoms with Crippen LogP contribution in [0, 0.1) is 0 Å². The molecule has 28 heavy (non-hydrogen) atoms. The summed E-state index contributed by atoms with van der Waals surface area (Å²) in [6.07, 6.45) is 21.4. The second-order valence-corrected chi connectivity index (χ2v) is 9.90. The topological polar surface area (TPSA) is 43.4 Å². The van der Waals surface area contributed by atoms with Crippen LogP contribution in [0.4, 0.5) is 4.39 Å². The summed E-state index contributed by atoms with van der Waals surface area (Å²) in [5.74, 6) is 0.146. The molecule has 0 aliphatic rings. The minimum Gasteiger partial charge on any atom is -0.270 e. The maximum Gasteiger partial charge on any atom is 0.267 e. The van der Waals surface area contributed by atoms with Crippen LogP contribution in [0.2, 0.25) is 0 Å². The zero-order valence-corrected chi connectivity index (χ0v) is 19.4. The summed E-state index contributed by atoms with van der Waals surface area (Å²) < 4.78 is 40.8. The van der Waals surface area contributed by atoms with E-state index >= 15 is 0 Å². The van der Waals surface area contributed by atoms with Gasteiger partial charge in [0, 0.05) is 0 Å². The first-order chi connectivity index (χ1) is 13.6. The Labute approximate surface area is 175 Å². The molecular weight excluding hydrogens is 375 g/mol. The maximum absolute atomic E-state index is 12.0. The Bertz CT molecular complexity index is 399. The van der Waals surface area contributed by atoms with Crippen molar-refractivity contribution in [2.24, 2.45) is 0 Å². The van der Waals surface area contributed by atoms with Gasteiger partial charge in [0.2, 0.25) is 0 Å². The first-order valence-corrected chi connectivity index (χ1v) is 13.6. The van der Waals surface area contributed by atoms with Gasteiger partial charge < -0.3 is 0 Å². The summed E-state index contributed by atoms with van der Waals surface area (Å²) in [4.78, 5) is 0. The highest BCUT2D eigenvalue weighted by atomic mass is 32.2. The van der Waals surface area contributed by atoms with Crippen LogP contribution >= 0.6 is 0 Å². The SMILES string of the molecule is CCCCCCCCCCCCCOS(=O)(=O)CCCCCCCCCCF. The van der Waals surface area contributed by atoms with Crippen molar-refractivity contribution in [2.45, 2.75) is 129 Å². The molecule has 0 aromatic heterocycles. The molecule has 0 fully saturated rings. The molecule has 0 aromatic rings. The normalized spacial score (nSPS) is 11.9. The van der Waals surface area contributed by atoms with Crippen molar-refractivity contribution in [2.75, 3.05) is 19.0 Å². The number of hydrogen-bond acceptors (Lipinski definition) is 3. The van der Waals surface area contributed by atoms with Crippen molar-refractivity contribution in [1.82, 2.24) is 0 Å². The van der Waals surface area contributed by atoms with Gasteiger partial charge in [0.05, 0.1) is 19.0 Å². The summed E-state index contributed by atoms with van der Waals surface area (Å²) in [6.45, 7) is 2.38. The first kappa shape index (κ1) is 27.8. The predicted molar refractivity (Wildman–Crippen MR) is 119 cm³/mol. The molecular formula is C23H47FO3S. The molecule has 0 spiro atoms. The van der Waals surface area contributed by atoms with E-state index in [9.17, 15) is 12.8 Å². The highest BCUT2D eigenvalue weighted by Crippen LogP contribution is 2.12. The van der Waals surface area contributed by atoms with E-state index in [1.807, 2.05) is 0 Å². The molecule has 5 heteroatoms. The lowest BCUT2D eigenvalue weighted by molar-refractivity contribution is 0.305. The fraction of sp³-hybridized carbons (Fsp3) is 1.00. The predicted octanol–water partition coefficient (Wildman–Crippen LogP) is 7.73. The maximum atomic E-state index is 12.0. The van der Waals surface area contributed by atoms with Crippen molar-refractivity contribution < 1.29 is 17.0 Å². The number of hydrogen-bond donors (Lipinski definition) is 0. The van der Waals surface area contributed by atoms with Gasteiger partial charge in [-0.05, 0) is 19.3 Å². The fourth-order valence-electron chi connectivity index (χ4n) is 3.45. The minimum atomic E-state index is -3.34. The van der Waals surface area contributed by atoms with E-state index in [4.69, 9.17) is 4.18 Å². The van der Waals surface area contributed by atoms with Gasteiger partial charge in [0.25, 0.3) is 10.1 Å². The van der Waals surface area contributed by atoms with Gasteiger partial charge in [0.1, 0.15) is 0 Å². The van der Waals surface area contributed by atoms with Gasteiger partial charge in [-0.15, -0.1) is 0 Å². The molecule has 0 amide bonds. The molecule has 0 unspecified atom stereocenters. The van der Waals surface area contributed by atoms with E-state index in [-0.39, 0.29) is 12.4 Å². The Hall–Kier alpha value is -0.160. The van der Waals surface area contributed by atoms with Crippen LogP contribution in [0.25, 0.3) is 0 Å². The van der Waals surface area contributed by atoms with Gasteiger partial charge in [0.15, 0.2) is 0 Å². The minimum absolute atomic E-state index is 0.146. The Kier molecular flexibility index (Phi) is 21.4. The zero-order chi connectivity index (χ0) is 20.8. The second kappa shape index (κ2) is 21.5. The zero-order valence-electron chi connectivity index (χ0n) is 18.6. The van der Waals surface area contributed by atoms with E-state index in [0.717, 1.165) is 51.4 Å². The smallest absolute Gasteiger partial charge is 0.267 e. The molecule has 0 rings (SSSR count). The largest absolute Gasteiger partial charge is 0.270 e. The lowest BCUT2D eigenvalue weighted by Gasteiger charge is -2.06. The summed E-state index contributed by atoms with van der Waals surface area (Å²) in [5, 5.41) is 0. The van der Waals surface area contributed by atoms with Crippen molar-refractivity contribution in [3.8, 4) is 0 Å². The van der Waals surface area contributed by atoms with Crippen LogP contribution in [0.1, 0.15) is 129 Å². The number of unbranched alkanes of at least 4 members (excludes halogenated alkanes) is 17. The molecule has 0 atom stereocenters. The fourth-order valence-corrected chi connectivity index (χ4v) is 4.49. The summed E-state index contributed by atoms with van der Waals surface area (Å²) >= 11 is 0. The molecule has 0 N–H and O–H groups in total. The van der Waals surface area contributed by atoms with E-state index in [1.165, 1.54) is 57.8 Å². The molecule has 0 saturated heterocycles. The van der Waals surface area contributed by atoms with Crippen LogP contribution in [-0.4, -0.2) is 27.5 Å². The van der Waals surface area contributed by atoms with E-state index < -0.39 is 10.1 Å². The third-order valence-corrected chi connectivity index (χ3v) is 6.60. The lowest BCUT2D eigenvalue weighted by atomic mass is 10.1. The molecule has 0 aliphatic heterocycles.